The van der Waals surface area contributed by atoms with Crippen molar-refractivity contribution in [3.05, 3.63) is 75.0 Å². The smallest absolute Gasteiger partial charge is 0.274 e. The van der Waals surface area contributed by atoms with Crippen LogP contribution in [-0.4, -0.2) is 28.6 Å². The lowest BCUT2D eigenvalue weighted by Crippen LogP contribution is -2.23. The van der Waals surface area contributed by atoms with E-state index in [2.05, 4.69) is 15.7 Å². The van der Waals surface area contributed by atoms with Crippen molar-refractivity contribution >= 4 is 40.7 Å². The van der Waals surface area contributed by atoms with Crippen molar-refractivity contribution in [3.8, 4) is 5.69 Å². The van der Waals surface area contributed by atoms with Gasteiger partial charge in [0.15, 0.2) is 0 Å². The maximum Gasteiger partial charge on any atom is 0.274 e. The molecule has 0 bridgehead atoms. The van der Waals surface area contributed by atoms with E-state index < -0.39 is 5.91 Å². The van der Waals surface area contributed by atoms with Crippen molar-refractivity contribution in [2.75, 3.05) is 12.4 Å². The quantitative estimate of drug-likeness (QED) is 0.661. The molecule has 0 aliphatic rings. The number of benzene rings is 2. The summed E-state index contributed by atoms with van der Waals surface area (Å²) in [5.41, 5.74) is 2.87. The van der Waals surface area contributed by atoms with Gasteiger partial charge in [-0.3, -0.25) is 9.59 Å². The number of rotatable bonds is 4. The number of carbonyl (C=O) groups is 2. The second kappa shape index (κ2) is 8.04. The van der Waals surface area contributed by atoms with Gasteiger partial charge in [-0.1, -0.05) is 35.3 Å². The summed E-state index contributed by atoms with van der Waals surface area (Å²) in [6, 6.07) is 12.0. The monoisotopic (exact) mass is 416 g/mol. The topological polar surface area (TPSA) is 76.0 Å². The summed E-state index contributed by atoms with van der Waals surface area (Å²) in [6.07, 6.45) is 0. The van der Waals surface area contributed by atoms with E-state index in [1.54, 1.807) is 44.2 Å². The SMILES string of the molecule is CNC(=O)c1cc(Cl)cc(C)c1NC(=O)c1cc(C)nn1-c1ccccc1Cl. The average molecular weight is 417 g/mol. The van der Waals surface area contributed by atoms with Crippen LogP contribution in [0.15, 0.2) is 42.5 Å². The first kappa shape index (κ1) is 19.9. The Labute approximate surface area is 172 Å². The third-order valence-electron chi connectivity index (χ3n) is 4.16. The first-order valence-corrected chi connectivity index (χ1v) is 9.22. The molecular weight excluding hydrogens is 399 g/mol. The summed E-state index contributed by atoms with van der Waals surface area (Å²) in [5, 5.41) is 10.6. The molecule has 0 aliphatic carbocycles. The second-order valence-electron chi connectivity index (χ2n) is 6.21. The van der Waals surface area contributed by atoms with Crippen LogP contribution in [0.25, 0.3) is 5.69 Å². The molecule has 8 heteroatoms. The Hall–Kier alpha value is -2.83. The van der Waals surface area contributed by atoms with Crippen LogP contribution in [0.3, 0.4) is 0 Å². The van der Waals surface area contributed by atoms with Gasteiger partial charge in [0, 0.05) is 12.1 Å². The molecule has 3 rings (SSSR count). The van der Waals surface area contributed by atoms with Crippen LogP contribution < -0.4 is 10.6 Å². The molecule has 0 aliphatic heterocycles. The van der Waals surface area contributed by atoms with Crippen molar-refractivity contribution in [1.29, 1.82) is 0 Å². The van der Waals surface area contributed by atoms with Crippen LogP contribution in [0.1, 0.15) is 32.1 Å². The zero-order valence-corrected chi connectivity index (χ0v) is 17.0. The highest BCUT2D eigenvalue weighted by molar-refractivity contribution is 6.32. The largest absolute Gasteiger partial charge is 0.355 e. The van der Waals surface area contributed by atoms with E-state index in [9.17, 15) is 9.59 Å². The zero-order valence-electron chi connectivity index (χ0n) is 15.5. The van der Waals surface area contributed by atoms with Gasteiger partial charge in [0.1, 0.15) is 5.69 Å². The van der Waals surface area contributed by atoms with E-state index in [1.165, 1.54) is 17.8 Å². The molecule has 0 unspecified atom stereocenters. The molecule has 2 N–H and O–H groups in total. The van der Waals surface area contributed by atoms with Crippen molar-refractivity contribution in [3.63, 3.8) is 0 Å². The van der Waals surface area contributed by atoms with E-state index in [-0.39, 0.29) is 11.5 Å². The molecule has 2 amide bonds. The van der Waals surface area contributed by atoms with E-state index in [1.807, 2.05) is 6.07 Å². The van der Waals surface area contributed by atoms with Gasteiger partial charge in [0.05, 0.1) is 27.7 Å². The minimum Gasteiger partial charge on any atom is -0.355 e. The number of halogens is 2. The van der Waals surface area contributed by atoms with Gasteiger partial charge in [0.25, 0.3) is 11.8 Å². The zero-order chi connectivity index (χ0) is 20.4. The lowest BCUT2D eigenvalue weighted by atomic mass is 10.1. The van der Waals surface area contributed by atoms with Gasteiger partial charge >= 0.3 is 0 Å². The predicted octanol–water partition coefficient (Wildman–Crippen LogP) is 4.41. The van der Waals surface area contributed by atoms with Crippen molar-refractivity contribution in [1.82, 2.24) is 15.1 Å². The average Bonchev–Trinajstić information content (AvgIpc) is 3.05. The molecule has 0 spiro atoms. The third-order valence-corrected chi connectivity index (χ3v) is 4.69. The van der Waals surface area contributed by atoms with Crippen LogP contribution >= 0.6 is 23.2 Å². The number of aromatic nitrogens is 2. The number of hydrogen-bond acceptors (Lipinski definition) is 3. The van der Waals surface area contributed by atoms with Gasteiger partial charge in [-0.25, -0.2) is 4.68 Å². The van der Waals surface area contributed by atoms with Crippen molar-refractivity contribution in [2.24, 2.45) is 0 Å². The maximum absolute atomic E-state index is 13.1. The fourth-order valence-corrected chi connectivity index (χ4v) is 3.36. The van der Waals surface area contributed by atoms with Crippen molar-refractivity contribution < 1.29 is 9.59 Å². The summed E-state index contributed by atoms with van der Waals surface area (Å²) in [5.74, 6) is -0.771. The maximum atomic E-state index is 13.1. The summed E-state index contributed by atoms with van der Waals surface area (Å²) < 4.78 is 1.48. The molecule has 0 fully saturated rings. The third kappa shape index (κ3) is 3.88. The molecule has 0 atom stereocenters. The molecule has 6 nitrogen and oxygen atoms in total. The number of carbonyl (C=O) groups excluding carboxylic acids is 2. The lowest BCUT2D eigenvalue weighted by Gasteiger charge is -2.15. The number of para-hydroxylation sites is 1. The summed E-state index contributed by atoms with van der Waals surface area (Å²) in [4.78, 5) is 25.3. The number of aryl methyl sites for hydroxylation is 2. The van der Waals surface area contributed by atoms with Crippen LogP contribution in [0.5, 0.6) is 0 Å². The molecule has 0 radical (unpaired) electrons. The van der Waals surface area contributed by atoms with E-state index in [4.69, 9.17) is 23.2 Å². The molecule has 2 aromatic carbocycles. The molecular formula is C20H18Cl2N4O2. The van der Waals surface area contributed by atoms with Gasteiger partial charge in [-0.15, -0.1) is 0 Å². The van der Waals surface area contributed by atoms with Crippen LogP contribution in [0.4, 0.5) is 5.69 Å². The van der Waals surface area contributed by atoms with Crippen LogP contribution in [-0.2, 0) is 0 Å². The lowest BCUT2D eigenvalue weighted by molar-refractivity contribution is 0.0964. The first-order chi connectivity index (χ1) is 13.3. The van der Waals surface area contributed by atoms with Gasteiger partial charge in [-0.2, -0.15) is 5.10 Å². The Bertz CT molecular complexity index is 1080. The highest BCUT2D eigenvalue weighted by Gasteiger charge is 2.21. The minimum absolute atomic E-state index is 0.279. The molecule has 1 aromatic heterocycles. The fraction of sp³-hybridized carbons (Fsp3) is 0.150. The number of hydrogen-bond donors (Lipinski definition) is 2. The molecule has 0 saturated carbocycles. The molecule has 1 heterocycles. The number of nitrogens with zero attached hydrogens (tertiary/aromatic N) is 2. The van der Waals surface area contributed by atoms with Crippen LogP contribution in [0, 0.1) is 13.8 Å². The van der Waals surface area contributed by atoms with E-state index in [0.717, 1.165) is 0 Å². The number of amides is 2. The Kier molecular flexibility index (Phi) is 5.72. The van der Waals surface area contributed by atoms with Gasteiger partial charge in [0.2, 0.25) is 0 Å². The van der Waals surface area contributed by atoms with Gasteiger partial charge in [-0.05, 0) is 49.7 Å². The predicted molar refractivity (Wildman–Crippen MR) is 111 cm³/mol. The molecule has 28 heavy (non-hydrogen) atoms. The van der Waals surface area contributed by atoms with Crippen LogP contribution in [0.2, 0.25) is 10.0 Å². The second-order valence-corrected chi connectivity index (χ2v) is 7.06. The highest BCUT2D eigenvalue weighted by Crippen LogP contribution is 2.27. The molecule has 3 aromatic rings. The molecule has 144 valence electrons. The van der Waals surface area contributed by atoms with Crippen molar-refractivity contribution in [2.45, 2.75) is 13.8 Å². The standard InChI is InChI=1S/C20H18Cl2N4O2/c1-11-8-13(21)10-14(19(27)23-3)18(11)24-20(28)17-9-12(2)25-26(17)16-7-5-4-6-15(16)22/h4-10H,1-3H3,(H,23,27)(H,24,28). The number of anilines is 1. The normalized spacial score (nSPS) is 10.6. The Balaban J connectivity index is 2.05. The van der Waals surface area contributed by atoms with E-state index >= 15 is 0 Å². The fourth-order valence-electron chi connectivity index (χ4n) is 2.87. The summed E-state index contributed by atoms with van der Waals surface area (Å²) in [6.45, 7) is 3.55. The van der Waals surface area contributed by atoms with Gasteiger partial charge < -0.3 is 10.6 Å². The number of nitrogens with one attached hydrogen (secondary N) is 2. The summed E-state index contributed by atoms with van der Waals surface area (Å²) in [7, 11) is 1.51. The Morgan fingerprint density at radius 3 is 2.43 bits per heavy atom. The molecule has 0 saturated heterocycles. The first-order valence-electron chi connectivity index (χ1n) is 8.47. The Morgan fingerprint density at radius 2 is 1.75 bits per heavy atom. The highest BCUT2D eigenvalue weighted by atomic mass is 35.5. The minimum atomic E-state index is -0.420. The Morgan fingerprint density at radius 1 is 1.04 bits per heavy atom. The van der Waals surface area contributed by atoms with E-state index in [0.29, 0.717) is 38.4 Å². The summed E-state index contributed by atoms with van der Waals surface area (Å²) >= 11 is 12.4.